The molecule has 0 saturated heterocycles. The third-order valence-electron chi connectivity index (χ3n) is 4.77. The van der Waals surface area contributed by atoms with Crippen molar-refractivity contribution in [3.8, 4) is 11.4 Å². The Balaban J connectivity index is 1.55. The van der Waals surface area contributed by atoms with Crippen molar-refractivity contribution in [1.29, 1.82) is 0 Å². The first-order valence-corrected chi connectivity index (χ1v) is 10.6. The molecule has 0 aliphatic rings. The van der Waals surface area contributed by atoms with Gasteiger partial charge in [-0.05, 0) is 38.1 Å². The molecule has 0 unspecified atom stereocenters. The Labute approximate surface area is 169 Å². The van der Waals surface area contributed by atoms with Gasteiger partial charge < -0.3 is 0 Å². The fourth-order valence-corrected chi connectivity index (χ4v) is 4.09. The summed E-state index contributed by atoms with van der Waals surface area (Å²) >= 11 is 0. The van der Waals surface area contributed by atoms with Gasteiger partial charge in [-0.25, -0.2) is 22.5 Å². The Bertz CT molecular complexity index is 1230. The van der Waals surface area contributed by atoms with E-state index in [9.17, 15) is 8.42 Å². The second kappa shape index (κ2) is 7.65. The summed E-state index contributed by atoms with van der Waals surface area (Å²) in [5, 5.41) is 8.73. The lowest BCUT2D eigenvalue weighted by molar-refractivity contribution is 0.581. The average Bonchev–Trinajstić information content (AvgIpc) is 3.34. The van der Waals surface area contributed by atoms with Crippen molar-refractivity contribution in [3.63, 3.8) is 0 Å². The first-order chi connectivity index (χ1) is 14.0. The summed E-state index contributed by atoms with van der Waals surface area (Å²) < 4.78 is 31.6. The normalized spacial score (nSPS) is 11.7. The smallest absolute Gasteiger partial charge is 0.240 e. The Kier molecular flexibility index (Phi) is 5.04. The van der Waals surface area contributed by atoms with Crippen LogP contribution in [0.15, 0.2) is 78.0 Å². The van der Waals surface area contributed by atoms with Crippen LogP contribution in [0, 0.1) is 13.8 Å². The van der Waals surface area contributed by atoms with Crippen LogP contribution < -0.4 is 4.72 Å². The molecule has 0 atom stereocenters. The first kappa shape index (κ1) is 19.1. The molecule has 1 N–H and O–H groups in total. The minimum absolute atomic E-state index is 0.118. The molecule has 0 saturated carbocycles. The number of nitrogens with one attached hydrogen (secondary N) is 1. The van der Waals surface area contributed by atoms with Crippen LogP contribution in [-0.4, -0.2) is 28.0 Å². The van der Waals surface area contributed by atoms with Gasteiger partial charge in [-0.2, -0.15) is 10.2 Å². The van der Waals surface area contributed by atoms with Gasteiger partial charge in [0, 0.05) is 17.8 Å². The number of aryl methyl sites for hydroxylation is 1. The number of hydrogen-bond donors (Lipinski definition) is 1. The highest BCUT2D eigenvalue weighted by atomic mass is 32.2. The molecule has 0 amide bonds. The third-order valence-corrected chi connectivity index (χ3v) is 6.13. The molecule has 2 aromatic carbocycles. The largest absolute Gasteiger partial charge is 0.244 e. The summed E-state index contributed by atoms with van der Waals surface area (Å²) in [4.78, 5) is 0.118. The fraction of sp³-hybridized carbons (Fsp3) is 0.143. The predicted molar refractivity (Wildman–Crippen MR) is 111 cm³/mol. The predicted octanol–water partition coefficient (Wildman–Crippen LogP) is 3.15. The molecule has 148 valence electrons. The maximum Gasteiger partial charge on any atom is 0.244 e. The SMILES string of the molecule is Cc1nn(-c2ccccc2)c(C)c1CNS(=O)(=O)c1cnn(-c2ccccc2)c1. The minimum atomic E-state index is -3.70. The highest BCUT2D eigenvalue weighted by Crippen LogP contribution is 2.19. The topological polar surface area (TPSA) is 81.8 Å². The Hall–Kier alpha value is -3.23. The molecule has 4 rings (SSSR count). The van der Waals surface area contributed by atoms with E-state index in [1.54, 1.807) is 4.68 Å². The van der Waals surface area contributed by atoms with Gasteiger partial charge in [-0.3, -0.25) is 0 Å². The van der Waals surface area contributed by atoms with Crippen LogP contribution in [0.5, 0.6) is 0 Å². The molecule has 2 heterocycles. The molecule has 0 spiro atoms. The molecule has 2 aromatic heterocycles. The number of aromatic nitrogens is 4. The Morgan fingerprint density at radius 2 is 1.55 bits per heavy atom. The highest BCUT2D eigenvalue weighted by Gasteiger charge is 2.19. The first-order valence-electron chi connectivity index (χ1n) is 9.16. The van der Waals surface area contributed by atoms with Gasteiger partial charge in [-0.1, -0.05) is 36.4 Å². The lowest BCUT2D eigenvalue weighted by atomic mass is 10.2. The maximum atomic E-state index is 12.8. The van der Waals surface area contributed by atoms with Crippen LogP contribution >= 0.6 is 0 Å². The van der Waals surface area contributed by atoms with Gasteiger partial charge in [0.1, 0.15) is 4.90 Å². The fourth-order valence-electron chi connectivity index (χ4n) is 3.17. The molecule has 0 fully saturated rings. The number of nitrogens with zero attached hydrogens (tertiary/aromatic N) is 4. The lowest BCUT2D eigenvalue weighted by Crippen LogP contribution is -2.23. The number of benzene rings is 2. The summed E-state index contributed by atoms with van der Waals surface area (Å²) in [5.74, 6) is 0. The maximum absolute atomic E-state index is 12.8. The lowest BCUT2D eigenvalue weighted by Gasteiger charge is -2.07. The molecule has 4 aromatic rings. The van der Waals surface area contributed by atoms with E-state index in [1.807, 2.05) is 79.2 Å². The van der Waals surface area contributed by atoms with Gasteiger partial charge >= 0.3 is 0 Å². The van der Waals surface area contributed by atoms with Crippen LogP contribution in [0.25, 0.3) is 11.4 Å². The van der Waals surface area contributed by atoms with E-state index in [1.165, 1.54) is 12.4 Å². The third kappa shape index (κ3) is 3.85. The molecule has 0 aliphatic carbocycles. The van der Waals surface area contributed by atoms with Crippen molar-refractivity contribution < 1.29 is 8.42 Å². The van der Waals surface area contributed by atoms with Crippen LogP contribution in [0.2, 0.25) is 0 Å². The van der Waals surface area contributed by atoms with E-state index >= 15 is 0 Å². The van der Waals surface area contributed by atoms with Gasteiger partial charge in [0.25, 0.3) is 0 Å². The van der Waals surface area contributed by atoms with Gasteiger partial charge in [0.05, 0.1) is 29.5 Å². The molecular formula is C21H21N5O2S. The Morgan fingerprint density at radius 3 is 2.21 bits per heavy atom. The quantitative estimate of drug-likeness (QED) is 0.532. The van der Waals surface area contributed by atoms with Gasteiger partial charge in [0.2, 0.25) is 10.0 Å². The van der Waals surface area contributed by atoms with Gasteiger partial charge in [-0.15, -0.1) is 0 Å². The standard InChI is InChI=1S/C21H21N5O2S/c1-16-21(17(2)26(24-16)19-11-7-4-8-12-19)14-23-29(27,28)20-13-22-25(15-20)18-9-5-3-6-10-18/h3-13,15,23H,14H2,1-2H3. The summed E-state index contributed by atoms with van der Waals surface area (Å²) in [6.07, 6.45) is 2.85. The monoisotopic (exact) mass is 407 g/mol. The summed E-state index contributed by atoms with van der Waals surface area (Å²) in [6, 6.07) is 19.1. The van der Waals surface area contributed by atoms with E-state index < -0.39 is 10.0 Å². The summed E-state index contributed by atoms with van der Waals surface area (Å²) in [6.45, 7) is 3.97. The zero-order valence-electron chi connectivity index (χ0n) is 16.1. The van der Waals surface area contributed by atoms with Crippen LogP contribution in [0.1, 0.15) is 17.0 Å². The molecular weight excluding hydrogens is 386 g/mol. The van der Waals surface area contributed by atoms with E-state index in [2.05, 4.69) is 14.9 Å². The molecule has 8 heteroatoms. The average molecular weight is 407 g/mol. The van der Waals surface area contributed by atoms with Crippen molar-refractivity contribution >= 4 is 10.0 Å². The van der Waals surface area contributed by atoms with Crippen LogP contribution in [-0.2, 0) is 16.6 Å². The number of rotatable bonds is 6. The van der Waals surface area contributed by atoms with Crippen molar-refractivity contribution in [2.45, 2.75) is 25.3 Å². The molecule has 0 bridgehead atoms. The van der Waals surface area contributed by atoms with Crippen molar-refractivity contribution in [1.82, 2.24) is 24.3 Å². The van der Waals surface area contributed by atoms with Crippen molar-refractivity contribution in [2.24, 2.45) is 0 Å². The van der Waals surface area contributed by atoms with Crippen molar-refractivity contribution in [2.75, 3.05) is 0 Å². The minimum Gasteiger partial charge on any atom is -0.240 e. The van der Waals surface area contributed by atoms with E-state index in [4.69, 9.17) is 0 Å². The number of sulfonamides is 1. The van der Waals surface area contributed by atoms with Crippen LogP contribution in [0.3, 0.4) is 0 Å². The number of hydrogen-bond acceptors (Lipinski definition) is 4. The van der Waals surface area contributed by atoms with Crippen molar-refractivity contribution in [3.05, 3.63) is 90.0 Å². The second-order valence-corrected chi connectivity index (χ2v) is 8.44. The highest BCUT2D eigenvalue weighted by molar-refractivity contribution is 7.89. The molecule has 7 nitrogen and oxygen atoms in total. The Morgan fingerprint density at radius 1 is 0.931 bits per heavy atom. The zero-order chi connectivity index (χ0) is 20.4. The molecule has 29 heavy (non-hydrogen) atoms. The zero-order valence-corrected chi connectivity index (χ0v) is 17.0. The molecule has 0 aliphatic heterocycles. The summed E-state index contributed by atoms with van der Waals surface area (Å²) in [5.41, 5.74) is 4.27. The van der Waals surface area contributed by atoms with E-state index in [-0.39, 0.29) is 11.4 Å². The molecule has 0 radical (unpaired) electrons. The van der Waals surface area contributed by atoms with E-state index in [0.29, 0.717) is 0 Å². The number of para-hydroxylation sites is 2. The van der Waals surface area contributed by atoms with Gasteiger partial charge in [0.15, 0.2) is 0 Å². The summed E-state index contributed by atoms with van der Waals surface area (Å²) in [7, 11) is -3.70. The van der Waals surface area contributed by atoms with Crippen LogP contribution in [0.4, 0.5) is 0 Å². The second-order valence-electron chi connectivity index (χ2n) is 6.68. The van der Waals surface area contributed by atoms with E-state index in [0.717, 1.165) is 28.3 Å².